The Kier molecular flexibility index (Phi) is 5.66. The molecule has 0 radical (unpaired) electrons. The topological polar surface area (TPSA) is 111 Å². The normalized spacial score (nSPS) is 21.0. The van der Waals surface area contributed by atoms with Gasteiger partial charge in [0.15, 0.2) is 5.82 Å². The minimum atomic E-state index is -0.797. The summed E-state index contributed by atoms with van der Waals surface area (Å²) >= 11 is 0. The lowest BCUT2D eigenvalue weighted by Crippen LogP contribution is -2.47. The van der Waals surface area contributed by atoms with Crippen LogP contribution in [0.3, 0.4) is 0 Å². The van der Waals surface area contributed by atoms with Crippen LogP contribution in [0.2, 0.25) is 0 Å². The molecule has 9 nitrogen and oxygen atoms in total. The number of carbonyl (C=O) groups excluding carboxylic acids is 1. The second-order valence-corrected chi connectivity index (χ2v) is 7.37. The lowest BCUT2D eigenvalue weighted by atomic mass is 9.91. The fraction of sp³-hybridized carbons (Fsp3) is 0.333. The van der Waals surface area contributed by atoms with E-state index in [4.69, 9.17) is 14.2 Å². The third-order valence-corrected chi connectivity index (χ3v) is 5.02. The Hall–Kier alpha value is -3.37. The number of rotatable bonds is 5. The highest BCUT2D eigenvalue weighted by Gasteiger charge is 2.40. The number of hydrogen-bond acceptors (Lipinski definition) is 7. The molecule has 1 fully saturated rings. The molecule has 10 heteroatoms. The van der Waals surface area contributed by atoms with E-state index >= 15 is 0 Å². The molecule has 1 aliphatic rings. The number of halogens is 1. The van der Waals surface area contributed by atoms with Crippen molar-refractivity contribution in [1.29, 1.82) is 0 Å². The molecule has 4 rings (SSSR count). The Morgan fingerprint density at radius 3 is 2.58 bits per heavy atom. The van der Waals surface area contributed by atoms with E-state index in [1.165, 1.54) is 19.2 Å². The van der Waals surface area contributed by atoms with Crippen molar-refractivity contribution < 1.29 is 23.4 Å². The number of carbonyl (C=O) groups is 1. The quantitative estimate of drug-likeness (QED) is 0.643. The standard InChI is InChI=1S/C21H22FN5O4/c1-21(19(28)23-2)10-30-18(31-11-21)17-26-15(12-4-6-13(22)7-5-12)16(27-17)14-8-9-24-20(25-14)29-3/h4-9,18H,10-11H2,1-3H3,(H,23,28)(H,26,27). The SMILES string of the molecule is CNC(=O)C1(C)COC(c2nc(-c3ccc(F)cc3)c(-c3ccnc(OC)n3)[nH]2)OC1. The van der Waals surface area contributed by atoms with Crippen LogP contribution < -0.4 is 10.1 Å². The van der Waals surface area contributed by atoms with Crippen LogP contribution in [0.5, 0.6) is 6.01 Å². The average Bonchev–Trinajstić information content (AvgIpc) is 3.25. The molecule has 0 aliphatic carbocycles. The van der Waals surface area contributed by atoms with Crippen LogP contribution in [0.15, 0.2) is 36.5 Å². The van der Waals surface area contributed by atoms with Crippen LogP contribution >= 0.6 is 0 Å². The summed E-state index contributed by atoms with van der Waals surface area (Å²) in [6.45, 7) is 2.11. The average molecular weight is 427 g/mol. The molecule has 3 aromatic rings. The molecule has 0 spiro atoms. The van der Waals surface area contributed by atoms with Gasteiger partial charge in [-0.1, -0.05) is 0 Å². The van der Waals surface area contributed by atoms with Gasteiger partial charge >= 0.3 is 6.01 Å². The molecule has 0 bridgehead atoms. The Morgan fingerprint density at radius 1 is 1.23 bits per heavy atom. The number of nitrogens with one attached hydrogen (secondary N) is 2. The number of benzene rings is 1. The van der Waals surface area contributed by atoms with E-state index in [0.717, 1.165) is 0 Å². The van der Waals surface area contributed by atoms with E-state index in [0.29, 0.717) is 28.5 Å². The number of H-pyrrole nitrogens is 1. The summed E-state index contributed by atoms with van der Waals surface area (Å²) in [5.41, 5.74) is 1.55. The van der Waals surface area contributed by atoms with Gasteiger partial charge in [-0.05, 0) is 37.3 Å². The Bertz CT molecular complexity index is 1080. The minimum Gasteiger partial charge on any atom is -0.467 e. The molecule has 1 saturated heterocycles. The van der Waals surface area contributed by atoms with Crippen LogP contribution in [0.1, 0.15) is 19.0 Å². The van der Waals surface area contributed by atoms with Crippen molar-refractivity contribution >= 4 is 5.91 Å². The van der Waals surface area contributed by atoms with Gasteiger partial charge in [0.2, 0.25) is 12.2 Å². The molecular weight excluding hydrogens is 405 g/mol. The zero-order valence-electron chi connectivity index (χ0n) is 17.3. The first-order valence-corrected chi connectivity index (χ1v) is 9.62. The lowest BCUT2D eigenvalue weighted by Gasteiger charge is -2.34. The highest BCUT2D eigenvalue weighted by molar-refractivity contribution is 5.82. The summed E-state index contributed by atoms with van der Waals surface area (Å²) in [6.07, 6.45) is 0.771. The van der Waals surface area contributed by atoms with Gasteiger partial charge < -0.3 is 24.5 Å². The van der Waals surface area contributed by atoms with Crippen LogP contribution in [0.25, 0.3) is 22.6 Å². The molecular formula is C21H22FN5O4. The fourth-order valence-corrected chi connectivity index (χ4v) is 3.28. The second kappa shape index (κ2) is 8.40. The molecule has 2 aromatic heterocycles. The number of nitrogens with zero attached hydrogens (tertiary/aromatic N) is 3. The Balaban J connectivity index is 1.70. The van der Waals surface area contributed by atoms with Crippen LogP contribution in [0.4, 0.5) is 4.39 Å². The van der Waals surface area contributed by atoms with Crippen LogP contribution in [-0.4, -0.2) is 53.2 Å². The first-order valence-electron chi connectivity index (χ1n) is 9.62. The van der Waals surface area contributed by atoms with Gasteiger partial charge in [0.1, 0.15) is 5.82 Å². The summed E-state index contributed by atoms with van der Waals surface area (Å²) in [5, 5.41) is 2.62. The first kappa shape index (κ1) is 20.9. The largest absolute Gasteiger partial charge is 0.467 e. The Labute approximate surface area is 178 Å². The number of imidazole rings is 1. The highest BCUT2D eigenvalue weighted by atomic mass is 19.1. The number of ether oxygens (including phenoxy) is 3. The summed E-state index contributed by atoms with van der Waals surface area (Å²) < 4.78 is 30.2. The van der Waals surface area contributed by atoms with Crippen molar-refractivity contribution in [2.75, 3.05) is 27.4 Å². The zero-order chi connectivity index (χ0) is 22.0. The van der Waals surface area contributed by atoms with Crippen molar-refractivity contribution in [3.8, 4) is 28.7 Å². The predicted molar refractivity (Wildman–Crippen MR) is 108 cm³/mol. The molecule has 3 heterocycles. The summed E-state index contributed by atoms with van der Waals surface area (Å²) in [7, 11) is 3.05. The van der Waals surface area contributed by atoms with E-state index in [1.807, 2.05) is 0 Å². The molecule has 31 heavy (non-hydrogen) atoms. The van der Waals surface area contributed by atoms with Gasteiger partial charge in [-0.25, -0.2) is 14.4 Å². The zero-order valence-corrected chi connectivity index (χ0v) is 17.3. The first-order chi connectivity index (χ1) is 14.9. The number of hydrogen-bond donors (Lipinski definition) is 2. The second-order valence-electron chi connectivity index (χ2n) is 7.37. The van der Waals surface area contributed by atoms with Crippen molar-refractivity contribution in [1.82, 2.24) is 25.3 Å². The third-order valence-electron chi connectivity index (χ3n) is 5.02. The van der Waals surface area contributed by atoms with E-state index in [9.17, 15) is 9.18 Å². The monoisotopic (exact) mass is 427 g/mol. The van der Waals surface area contributed by atoms with Gasteiger partial charge in [-0.3, -0.25) is 4.79 Å². The molecule has 0 unspecified atom stereocenters. The smallest absolute Gasteiger partial charge is 0.316 e. The van der Waals surface area contributed by atoms with E-state index in [2.05, 4.69) is 25.3 Å². The molecule has 162 valence electrons. The molecule has 1 aliphatic heterocycles. The predicted octanol–water partition coefficient (Wildman–Crippen LogP) is 2.48. The maximum atomic E-state index is 13.4. The number of aromatic amines is 1. The van der Waals surface area contributed by atoms with Crippen LogP contribution in [0, 0.1) is 11.2 Å². The van der Waals surface area contributed by atoms with E-state index < -0.39 is 11.7 Å². The minimum absolute atomic E-state index is 0.161. The maximum absolute atomic E-state index is 13.4. The summed E-state index contributed by atoms with van der Waals surface area (Å²) in [6, 6.07) is 7.88. The summed E-state index contributed by atoms with van der Waals surface area (Å²) in [5.74, 6) is -0.103. The molecule has 1 aromatic carbocycles. The Morgan fingerprint density at radius 2 is 1.94 bits per heavy atom. The van der Waals surface area contributed by atoms with Crippen molar-refractivity contribution in [3.05, 3.63) is 48.2 Å². The van der Waals surface area contributed by atoms with Gasteiger partial charge in [0, 0.05) is 18.8 Å². The maximum Gasteiger partial charge on any atom is 0.316 e. The van der Waals surface area contributed by atoms with Crippen LogP contribution in [-0.2, 0) is 14.3 Å². The molecule has 1 amide bonds. The molecule has 0 saturated carbocycles. The van der Waals surface area contributed by atoms with E-state index in [-0.39, 0.29) is 30.9 Å². The van der Waals surface area contributed by atoms with Crippen molar-refractivity contribution in [2.24, 2.45) is 5.41 Å². The number of methoxy groups -OCH3 is 1. The highest BCUT2D eigenvalue weighted by Crippen LogP contribution is 2.35. The lowest BCUT2D eigenvalue weighted by molar-refractivity contribution is -0.230. The van der Waals surface area contributed by atoms with Crippen molar-refractivity contribution in [3.63, 3.8) is 0 Å². The number of aromatic nitrogens is 4. The fourth-order valence-electron chi connectivity index (χ4n) is 3.28. The van der Waals surface area contributed by atoms with E-state index in [1.54, 1.807) is 38.4 Å². The van der Waals surface area contributed by atoms with Gasteiger partial charge in [-0.15, -0.1) is 0 Å². The molecule has 0 atom stereocenters. The van der Waals surface area contributed by atoms with Gasteiger partial charge in [0.05, 0.1) is 42.8 Å². The summed E-state index contributed by atoms with van der Waals surface area (Å²) in [4.78, 5) is 28.3. The molecule has 2 N–H and O–H groups in total. The van der Waals surface area contributed by atoms with Gasteiger partial charge in [-0.2, -0.15) is 4.98 Å². The van der Waals surface area contributed by atoms with Crippen molar-refractivity contribution in [2.45, 2.75) is 13.2 Å². The number of amides is 1. The van der Waals surface area contributed by atoms with Gasteiger partial charge in [0.25, 0.3) is 0 Å². The third kappa shape index (κ3) is 4.12.